The largest absolute Gasteiger partial charge is 0.106 e. The molecular formula is C16H36P2S. The van der Waals surface area contributed by atoms with Crippen LogP contribution in [0.15, 0.2) is 0 Å². The van der Waals surface area contributed by atoms with Crippen molar-refractivity contribution in [3.63, 3.8) is 0 Å². The molecule has 0 radical (unpaired) electrons. The van der Waals surface area contributed by atoms with Crippen LogP contribution in [0.3, 0.4) is 0 Å². The average Bonchev–Trinajstić information content (AvgIpc) is 2.24. The molecule has 2 atom stereocenters. The minimum Gasteiger partial charge on any atom is -0.106 e. The van der Waals surface area contributed by atoms with Crippen molar-refractivity contribution in [3.8, 4) is 0 Å². The smallest absolute Gasteiger partial charge is 0.00840 e. The summed E-state index contributed by atoms with van der Waals surface area (Å²) >= 11 is 2.41. The van der Waals surface area contributed by atoms with Crippen LogP contribution in [0.1, 0.15) is 81.1 Å². The molecule has 0 aliphatic carbocycles. The first-order valence-electron chi connectivity index (χ1n) is 7.86. The molecule has 0 N–H and O–H groups in total. The van der Waals surface area contributed by atoms with E-state index in [2.05, 4.69) is 66.4 Å². The van der Waals surface area contributed by atoms with Crippen LogP contribution in [0.5, 0.6) is 0 Å². The topological polar surface area (TPSA) is 0 Å². The summed E-state index contributed by atoms with van der Waals surface area (Å²) in [7, 11) is 0.235. The molecule has 0 saturated carbocycles. The first-order valence-corrected chi connectivity index (χ1v) is 12.9. The van der Waals surface area contributed by atoms with Gasteiger partial charge in [0.1, 0.15) is 0 Å². The summed E-state index contributed by atoms with van der Waals surface area (Å²) in [5, 5.41) is 1.01. The fourth-order valence-electron chi connectivity index (χ4n) is 1.72. The van der Waals surface area contributed by atoms with Gasteiger partial charge < -0.3 is 0 Å². The van der Waals surface area contributed by atoms with Gasteiger partial charge in [-0.05, 0) is 49.7 Å². The van der Waals surface area contributed by atoms with E-state index in [1.807, 2.05) is 0 Å². The third-order valence-electron chi connectivity index (χ3n) is 3.12. The highest BCUT2D eigenvalue weighted by atomic mass is 33.1. The van der Waals surface area contributed by atoms with Crippen molar-refractivity contribution in [3.05, 3.63) is 0 Å². The van der Waals surface area contributed by atoms with Crippen molar-refractivity contribution in [2.45, 2.75) is 91.4 Å². The molecule has 0 aromatic heterocycles. The van der Waals surface area contributed by atoms with E-state index in [1.54, 1.807) is 0 Å². The third-order valence-corrected chi connectivity index (χ3v) is 17.1. The van der Waals surface area contributed by atoms with Crippen LogP contribution in [0, 0.1) is 0 Å². The zero-order chi connectivity index (χ0) is 15.1. The van der Waals surface area contributed by atoms with Crippen molar-refractivity contribution in [1.82, 2.24) is 0 Å². The number of unbranched alkanes of at least 4 members (excludes halogenated alkanes) is 2. The van der Waals surface area contributed by atoms with Crippen LogP contribution in [0.2, 0.25) is 0 Å². The van der Waals surface area contributed by atoms with Gasteiger partial charge in [0.05, 0.1) is 0 Å². The van der Waals surface area contributed by atoms with Gasteiger partial charge in [-0.15, -0.1) is 11.0 Å². The van der Waals surface area contributed by atoms with E-state index in [0.717, 1.165) is 0 Å². The Labute approximate surface area is 129 Å². The normalized spacial score (nSPS) is 16.4. The van der Waals surface area contributed by atoms with E-state index in [9.17, 15) is 0 Å². The zero-order valence-electron chi connectivity index (χ0n) is 14.5. The Bertz CT molecular complexity index is 204. The molecule has 0 aliphatic rings. The second-order valence-electron chi connectivity index (χ2n) is 7.33. The van der Waals surface area contributed by atoms with Crippen LogP contribution in [0.4, 0.5) is 0 Å². The number of hydrogen-bond donors (Lipinski definition) is 0. The first-order chi connectivity index (χ1) is 8.62. The summed E-state index contributed by atoms with van der Waals surface area (Å²) in [4.78, 5) is 0. The Hall–Kier alpha value is 1.21. The Morgan fingerprint density at radius 1 is 0.684 bits per heavy atom. The summed E-state index contributed by atoms with van der Waals surface area (Å²) < 4.78 is 0. The fourth-order valence-corrected chi connectivity index (χ4v) is 16.6. The van der Waals surface area contributed by atoms with Crippen molar-refractivity contribution in [2.75, 3.05) is 12.3 Å². The standard InChI is InChI=1S/C16H36P2S/c1-9-11-13-17(15(3,4)5)19-18(14-12-10-2)16(6,7)8/h9-14H2,1-8H3. The van der Waals surface area contributed by atoms with Gasteiger partial charge in [0.2, 0.25) is 0 Å². The maximum atomic E-state index is 2.46. The van der Waals surface area contributed by atoms with Gasteiger partial charge in [0, 0.05) is 0 Å². The van der Waals surface area contributed by atoms with Gasteiger partial charge in [-0.25, -0.2) is 0 Å². The highest BCUT2D eigenvalue weighted by Crippen LogP contribution is 2.77. The van der Waals surface area contributed by atoms with Crippen molar-refractivity contribution in [1.29, 1.82) is 0 Å². The van der Waals surface area contributed by atoms with Crippen LogP contribution in [0.25, 0.3) is 0 Å². The molecule has 0 aliphatic heterocycles. The lowest BCUT2D eigenvalue weighted by Gasteiger charge is -2.38. The van der Waals surface area contributed by atoms with Crippen LogP contribution >= 0.6 is 25.2 Å². The van der Waals surface area contributed by atoms with Crippen molar-refractivity contribution in [2.24, 2.45) is 0 Å². The van der Waals surface area contributed by atoms with Gasteiger partial charge in [0.15, 0.2) is 0 Å². The molecule has 0 saturated heterocycles. The van der Waals surface area contributed by atoms with E-state index in [4.69, 9.17) is 0 Å². The van der Waals surface area contributed by atoms with E-state index in [0.29, 0.717) is 10.3 Å². The maximum Gasteiger partial charge on any atom is -0.00840 e. The van der Waals surface area contributed by atoms with Crippen molar-refractivity contribution >= 4 is 25.2 Å². The molecule has 0 amide bonds. The average molecular weight is 322 g/mol. The van der Waals surface area contributed by atoms with Gasteiger partial charge in [-0.1, -0.05) is 68.2 Å². The Morgan fingerprint density at radius 3 is 1.21 bits per heavy atom. The minimum atomic E-state index is 0.118. The molecular weight excluding hydrogens is 286 g/mol. The summed E-state index contributed by atoms with van der Waals surface area (Å²) in [6.45, 7) is 19.4. The van der Waals surface area contributed by atoms with Gasteiger partial charge in [-0.2, -0.15) is 0 Å². The molecule has 2 unspecified atom stereocenters. The van der Waals surface area contributed by atoms with E-state index in [1.165, 1.54) is 38.0 Å². The number of rotatable bonds is 8. The molecule has 3 heteroatoms. The maximum absolute atomic E-state index is 2.46. The highest BCUT2D eigenvalue weighted by molar-refractivity contribution is 8.85. The predicted molar refractivity (Wildman–Crippen MR) is 100 cm³/mol. The second-order valence-corrected chi connectivity index (χ2v) is 17.2. The lowest BCUT2D eigenvalue weighted by molar-refractivity contribution is 0.778. The quantitative estimate of drug-likeness (QED) is 0.412. The molecule has 0 fully saturated rings. The molecule has 19 heavy (non-hydrogen) atoms. The second kappa shape index (κ2) is 9.27. The summed E-state index contributed by atoms with van der Waals surface area (Å²) in [5.41, 5.74) is 0. The van der Waals surface area contributed by atoms with Crippen LogP contribution in [-0.2, 0) is 0 Å². The molecule has 0 heterocycles. The Balaban J connectivity index is 4.72. The zero-order valence-corrected chi connectivity index (χ0v) is 17.2. The van der Waals surface area contributed by atoms with E-state index >= 15 is 0 Å². The van der Waals surface area contributed by atoms with Gasteiger partial charge in [0.25, 0.3) is 0 Å². The molecule has 0 nitrogen and oxygen atoms in total. The van der Waals surface area contributed by atoms with Crippen LogP contribution in [-0.4, -0.2) is 22.6 Å². The molecule has 0 aromatic carbocycles. The minimum absolute atomic E-state index is 0.118. The van der Waals surface area contributed by atoms with E-state index in [-0.39, 0.29) is 14.2 Å². The highest BCUT2D eigenvalue weighted by Gasteiger charge is 2.32. The first kappa shape index (κ1) is 20.2. The fraction of sp³-hybridized carbons (Fsp3) is 1.00. The molecule has 0 spiro atoms. The van der Waals surface area contributed by atoms with E-state index < -0.39 is 0 Å². The SMILES string of the molecule is CCCCP(SP(CCCC)C(C)(C)C)C(C)(C)C. The van der Waals surface area contributed by atoms with Crippen molar-refractivity contribution < 1.29 is 0 Å². The lowest BCUT2D eigenvalue weighted by Crippen LogP contribution is -2.15. The van der Waals surface area contributed by atoms with Gasteiger partial charge >= 0.3 is 0 Å². The lowest BCUT2D eigenvalue weighted by atomic mass is 10.3. The van der Waals surface area contributed by atoms with Gasteiger partial charge in [-0.3, -0.25) is 0 Å². The summed E-state index contributed by atoms with van der Waals surface area (Å²) in [6.07, 6.45) is 8.44. The third kappa shape index (κ3) is 8.95. The Morgan fingerprint density at radius 2 is 1.00 bits per heavy atom. The number of hydrogen-bond acceptors (Lipinski definition) is 1. The monoisotopic (exact) mass is 322 g/mol. The summed E-state index contributed by atoms with van der Waals surface area (Å²) in [6, 6.07) is 0. The predicted octanol–water partition coefficient (Wildman–Crippen LogP) is 7.71. The molecule has 0 rings (SSSR count). The molecule has 0 aromatic rings. The molecule has 0 bridgehead atoms. The molecule has 116 valence electrons. The van der Waals surface area contributed by atoms with Crippen LogP contribution < -0.4 is 0 Å². The summed E-state index contributed by atoms with van der Waals surface area (Å²) in [5.74, 6) is 0. The Kier molecular flexibility index (Phi) is 9.86.